The Hall–Kier alpha value is -4.47. The average Bonchev–Trinajstić information content (AvgIpc) is 3.50. The van der Waals surface area contributed by atoms with Gasteiger partial charge in [0, 0.05) is 61.6 Å². The summed E-state index contributed by atoms with van der Waals surface area (Å²) >= 11 is 5.83. The lowest BCUT2D eigenvalue weighted by molar-refractivity contribution is -0.141. The first-order chi connectivity index (χ1) is 20.9. The highest BCUT2D eigenvalue weighted by molar-refractivity contribution is 6.31. The second-order valence-electron chi connectivity index (χ2n) is 9.49. The number of benzene rings is 1. The number of carbonyl (C=O) groups is 1. The molecule has 44 heavy (non-hydrogen) atoms. The SMILES string of the molecule is C=C(N=C/C(=C(\N)n1ccc(C(F)(F)F)n1)c1cc(C(=O)OC)c(=O)n(CCN2CCOCC2)c1)Nc1ccc(F)c(Cl)c1. The van der Waals surface area contributed by atoms with Crippen molar-refractivity contribution in [1.29, 1.82) is 0 Å². The monoisotopic (exact) mass is 637 g/mol. The number of nitrogens with two attached hydrogens (primary N) is 1. The molecule has 0 aliphatic carbocycles. The summed E-state index contributed by atoms with van der Waals surface area (Å²) in [7, 11) is 1.11. The third-order valence-electron chi connectivity index (χ3n) is 6.52. The first kappa shape index (κ1) is 32.4. The molecule has 3 aromatic rings. The van der Waals surface area contributed by atoms with Crippen molar-refractivity contribution in [3.63, 3.8) is 0 Å². The van der Waals surface area contributed by atoms with E-state index in [4.69, 9.17) is 26.8 Å². The van der Waals surface area contributed by atoms with Crippen LogP contribution in [0.15, 0.2) is 64.9 Å². The Morgan fingerprint density at radius 1 is 1.25 bits per heavy atom. The molecule has 11 nitrogen and oxygen atoms in total. The molecule has 1 aliphatic heterocycles. The Kier molecular flexibility index (Phi) is 10.2. The number of morpholine rings is 1. The zero-order chi connectivity index (χ0) is 32.0. The summed E-state index contributed by atoms with van der Waals surface area (Å²) in [5.41, 5.74) is 4.66. The van der Waals surface area contributed by atoms with Gasteiger partial charge in [-0.15, -0.1) is 0 Å². The highest BCUT2D eigenvalue weighted by atomic mass is 35.5. The normalized spacial score (nSPS) is 14.9. The van der Waals surface area contributed by atoms with Gasteiger partial charge in [-0.1, -0.05) is 18.2 Å². The van der Waals surface area contributed by atoms with E-state index in [1.54, 1.807) is 0 Å². The van der Waals surface area contributed by atoms with E-state index < -0.39 is 29.2 Å². The van der Waals surface area contributed by atoms with Gasteiger partial charge in [0.05, 0.1) is 25.3 Å². The van der Waals surface area contributed by atoms with Crippen LogP contribution >= 0.6 is 11.6 Å². The minimum atomic E-state index is -4.74. The van der Waals surface area contributed by atoms with Crippen LogP contribution in [-0.2, 0) is 22.2 Å². The fourth-order valence-electron chi connectivity index (χ4n) is 4.22. The van der Waals surface area contributed by atoms with Gasteiger partial charge in [0.25, 0.3) is 5.56 Å². The van der Waals surface area contributed by atoms with Crippen molar-refractivity contribution in [3.05, 3.63) is 93.1 Å². The number of nitrogens with zero attached hydrogens (tertiary/aromatic N) is 5. The number of pyridine rings is 1. The zero-order valence-electron chi connectivity index (χ0n) is 23.4. The first-order valence-corrected chi connectivity index (χ1v) is 13.5. The molecule has 3 N–H and O–H groups in total. The molecular formula is C28H28ClF4N7O4. The van der Waals surface area contributed by atoms with E-state index in [1.807, 2.05) is 0 Å². The van der Waals surface area contributed by atoms with E-state index >= 15 is 0 Å². The van der Waals surface area contributed by atoms with E-state index in [1.165, 1.54) is 35.2 Å². The third kappa shape index (κ3) is 7.92. The number of methoxy groups -OCH3 is 1. The Labute approximate surface area is 253 Å². The Morgan fingerprint density at radius 3 is 2.61 bits per heavy atom. The Bertz CT molecular complexity index is 1660. The molecule has 0 unspecified atom stereocenters. The average molecular weight is 638 g/mol. The maximum absolute atomic E-state index is 13.6. The minimum absolute atomic E-state index is 0.00723. The molecule has 0 spiro atoms. The molecule has 0 atom stereocenters. The summed E-state index contributed by atoms with van der Waals surface area (Å²) in [6.07, 6.45) is -1.14. The van der Waals surface area contributed by atoms with Crippen molar-refractivity contribution < 1.29 is 31.8 Å². The van der Waals surface area contributed by atoms with Gasteiger partial charge in [0.2, 0.25) is 0 Å². The molecule has 0 saturated carbocycles. The number of hydrogen-bond acceptors (Lipinski definition) is 9. The number of rotatable bonds is 10. The highest BCUT2D eigenvalue weighted by Gasteiger charge is 2.34. The van der Waals surface area contributed by atoms with Crippen LogP contribution in [0.1, 0.15) is 21.6 Å². The van der Waals surface area contributed by atoms with Crippen LogP contribution in [0.3, 0.4) is 0 Å². The number of hydrogen-bond donors (Lipinski definition) is 2. The summed E-state index contributed by atoms with van der Waals surface area (Å²) in [5.74, 6) is -1.85. The molecule has 1 fully saturated rings. The molecular weight excluding hydrogens is 610 g/mol. The minimum Gasteiger partial charge on any atom is -0.465 e. The molecule has 16 heteroatoms. The lowest BCUT2D eigenvalue weighted by Crippen LogP contribution is -2.39. The van der Waals surface area contributed by atoms with Crippen LogP contribution in [0.5, 0.6) is 0 Å². The lowest BCUT2D eigenvalue weighted by Gasteiger charge is -2.26. The van der Waals surface area contributed by atoms with Crippen LogP contribution in [0.2, 0.25) is 5.02 Å². The number of esters is 1. The second-order valence-corrected chi connectivity index (χ2v) is 9.89. The summed E-state index contributed by atoms with van der Waals surface area (Å²) in [4.78, 5) is 32.1. The molecule has 2 aromatic heterocycles. The quantitative estimate of drug-likeness (QED) is 0.195. The molecule has 0 amide bonds. The van der Waals surface area contributed by atoms with E-state index in [-0.39, 0.29) is 39.9 Å². The summed E-state index contributed by atoms with van der Waals surface area (Å²) in [6.45, 7) is 6.77. The number of halogens is 5. The van der Waals surface area contributed by atoms with Gasteiger partial charge < -0.3 is 25.1 Å². The smallest absolute Gasteiger partial charge is 0.435 e. The van der Waals surface area contributed by atoms with Crippen LogP contribution < -0.4 is 16.6 Å². The van der Waals surface area contributed by atoms with Gasteiger partial charge >= 0.3 is 12.1 Å². The Balaban J connectivity index is 1.78. The van der Waals surface area contributed by atoms with Crippen LogP contribution in [0.4, 0.5) is 23.2 Å². The summed E-state index contributed by atoms with van der Waals surface area (Å²) in [5, 5.41) is 6.20. The topological polar surface area (TPSA) is 129 Å². The maximum atomic E-state index is 13.6. The van der Waals surface area contributed by atoms with Crippen molar-refractivity contribution in [1.82, 2.24) is 19.2 Å². The van der Waals surface area contributed by atoms with Crippen molar-refractivity contribution in [3.8, 4) is 0 Å². The van der Waals surface area contributed by atoms with Gasteiger partial charge in [-0.2, -0.15) is 18.3 Å². The fraction of sp³-hybridized carbons (Fsp3) is 0.286. The molecule has 0 bridgehead atoms. The van der Waals surface area contributed by atoms with E-state index in [9.17, 15) is 27.2 Å². The molecule has 1 saturated heterocycles. The van der Waals surface area contributed by atoms with E-state index in [0.717, 1.165) is 30.1 Å². The van der Waals surface area contributed by atoms with Crippen molar-refractivity contribution in [2.75, 3.05) is 45.3 Å². The molecule has 1 aromatic carbocycles. The summed E-state index contributed by atoms with van der Waals surface area (Å²) in [6, 6.07) is 5.77. The lowest BCUT2D eigenvalue weighted by atomic mass is 10.1. The van der Waals surface area contributed by atoms with Gasteiger partial charge in [-0.05, 0) is 30.3 Å². The molecule has 1 aliphatic rings. The van der Waals surface area contributed by atoms with Crippen LogP contribution in [0.25, 0.3) is 11.4 Å². The molecule has 4 rings (SSSR count). The summed E-state index contributed by atoms with van der Waals surface area (Å²) < 4.78 is 65.7. The standard InChI is InChI=1S/C28H28ClF4N7O4/c1-17(36-19-3-4-23(30)22(29)14-19)35-15-21(25(34)40-6-5-24(37-40)28(31,32)33)18-13-20(27(42)43-2)26(41)39(16-18)8-7-38-9-11-44-12-10-38/h3-6,13-16,36H,1,7-12,34H2,2H3/b25-21-,35-15?. The number of aliphatic imine (C=N–C) groups is 1. The van der Waals surface area contributed by atoms with E-state index in [2.05, 4.69) is 26.9 Å². The predicted octanol–water partition coefficient (Wildman–Crippen LogP) is 3.91. The zero-order valence-corrected chi connectivity index (χ0v) is 24.2. The number of carbonyl (C=O) groups excluding carboxylic acids is 1. The number of nitrogens with one attached hydrogen (secondary N) is 1. The van der Waals surface area contributed by atoms with Crippen LogP contribution in [0, 0.1) is 5.82 Å². The molecule has 234 valence electrons. The molecule has 0 radical (unpaired) electrons. The number of anilines is 1. The van der Waals surface area contributed by atoms with Gasteiger partial charge in [-0.25, -0.2) is 18.9 Å². The number of alkyl halides is 3. The fourth-order valence-corrected chi connectivity index (χ4v) is 4.40. The third-order valence-corrected chi connectivity index (χ3v) is 6.81. The van der Waals surface area contributed by atoms with E-state index in [0.29, 0.717) is 38.5 Å². The van der Waals surface area contributed by atoms with Crippen molar-refractivity contribution in [2.24, 2.45) is 10.7 Å². The first-order valence-electron chi connectivity index (χ1n) is 13.1. The molecule has 3 heterocycles. The second kappa shape index (κ2) is 13.9. The van der Waals surface area contributed by atoms with Gasteiger partial charge in [0.1, 0.15) is 23.0 Å². The van der Waals surface area contributed by atoms with Crippen LogP contribution in [-0.4, -0.2) is 71.4 Å². The maximum Gasteiger partial charge on any atom is 0.435 e. The highest BCUT2D eigenvalue weighted by Crippen LogP contribution is 2.28. The Morgan fingerprint density at radius 2 is 1.98 bits per heavy atom. The van der Waals surface area contributed by atoms with Gasteiger partial charge in [-0.3, -0.25) is 9.69 Å². The van der Waals surface area contributed by atoms with Crippen molar-refractivity contribution >= 4 is 40.9 Å². The predicted molar refractivity (Wildman–Crippen MR) is 156 cm³/mol. The van der Waals surface area contributed by atoms with Crippen molar-refractivity contribution in [2.45, 2.75) is 12.7 Å². The largest absolute Gasteiger partial charge is 0.465 e. The number of ether oxygens (including phenoxy) is 2. The number of aromatic nitrogens is 3. The number of allylic oxidation sites excluding steroid dienone is 1. The van der Waals surface area contributed by atoms with Gasteiger partial charge in [0.15, 0.2) is 5.69 Å².